The van der Waals surface area contributed by atoms with E-state index in [1.54, 1.807) is 11.8 Å². The number of allylic oxidation sites excluding steroid dienone is 1. The highest BCUT2D eigenvalue weighted by molar-refractivity contribution is 8.02. The van der Waals surface area contributed by atoms with Gasteiger partial charge in [0, 0.05) is 12.2 Å². The van der Waals surface area contributed by atoms with Gasteiger partial charge in [0.1, 0.15) is 6.29 Å². The van der Waals surface area contributed by atoms with Crippen molar-refractivity contribution < 1.29 is 9.59 Å². The summed E-state index contributed by atoms with van der Waals surface area (Å²) in [7, 11) is 0. The third kappa shape index (κ3) is 4.12. The molecule has 1 aliphatic rings. The first-order valence-corrected chi connectivity index (χ1v) is 5.39. The highest BCUT2D eigenvalue weighted by atomic mass is 32.2. The number of carbonyl (C=O) groups is 2. The first-order chi connectivity index (χ1) is 6.33. The van der Waals surface area contributed by atoms with Gasteiger partial charge in [0.15, 0.2) is 0 Å². The van der Waals surface area contributed by atoms with Gasteiger partial charge in [-0.15, -0.1) is 11.8 Å². The molecule has 1 aliphatic heterocycles. The standard InChI is InChI=1S/C9H13NO2S/c11-6-8-7-13-5-3-1-2-4-9(12)10-8/h3,5-6,8H,1-2,4,7H2,(H,10,12)/b5-3-. The summed E-state index contributed by atoms with van der Waals surface area (Å²) >= 11 is 1.56. The van der Waals surface area contributed by atoms with Crippen LogP contribution in [0, 0.1) is 0 Å². The molecular formula is C9H13NO2S. The molecule has 1 N–H and O–H groups in total. The van der Waals surface area contributed by atoms with Gasteiger partial charge in [-0.2, -0.15) is 0 Å². The van der Waals surface area contributed by atoms with Crippen LogP contribution in [0.2, 0.25) is 0 Å². The number of hydrogen-bond donors (Lipinski definition) is 1. The first kappa shape index (κ1) is 10.3. The van der Waals surface area contributed by atoms with E-state index in [2.05, 4.69) is 5.32 Å². The molecule has 1 heterocycles. The predicted octanol–water partition coefficient (Wildman–Crippen LogP) is 1.10. The largest absolute Gasteiger partial charge is 0.346 e. The summed E-state index contributed by atoms with van der Waals surface area (Å²) in [6, 6.07) is -0.333. The molecule has 0 aromatic carbocycles. The summed E-state index contributed by atoms with van der Waals surface area (Å²) in [5, 5.41) is 4.67. The molecule has 0 spiro atoms. The molecule has 3 nitrogen and oxygen atoms in total. The quantitative estimate of drug-likeness (QED) is 0.643. The SMILES string of the molecule is O=CC1CS/C=C\CCCC(=O)N1. The topological polar surface area (TPSA) is 46.2 Å². The summed E-state index contributed by atoms with van der Waals surface area (Å²) in [6.07, 6.45) is 5.14. The molecule has 0 radical (unpaired) electrons. The molecule has 1 rings (SSSR count). The van der Waals surface area contributed by atoms with Gasteiger partial charge < -0.3 is 10.1 Å². The maximum absolute atomic E-state index is 11.2. The van der Waals surface area contributed by atoms with Crippen LogP contribution in [-0.2, 0) is 9.59 Å². The summed E-state index contributed by atoms with van der Waals surface area (Å²) in [5.41, 5.74) is 0. The zero-order valence-corrected chi connectivity index (χ0v) is 8.18. The van der Waals surface area contributed by atoms with E-state index in [1.165, 1.54) is 0 Å². The van der Waals surface area contributed by atoms with Crippen LogP contribution in [0.3, 0.4) is 0 Å². The molecule has 0 bridgehead atoms. The van der Waals surface area contributed by atoms with Crippen LogP contribution < -0.4 is 5.32 Å². The van der Waals surface area contributed by atoms with Gasteiger partial charge in [-0.05, 0) is 18.2 Å². The Bertz CT molecular complexity index is 216. The van der Waals surface area contributed by atoms with E-state index in [4.69, 9.17) is 0 Å². The molecular weight excluding hydrogens is 186 g/mol. The average molecular weight is 199 g/mol. The Kier molecular flexibility index (Phi) is 4.60. The molecule has 0 aromatic rings. The minimum Gasteiger partial charge on any atom is -0.346 e. The van der Waals surface area contributed by atoms with E-state index in [0.29, 0.717) is 12.2 Å². The number of thioether (sulfide) groups is 1. The molecule has 0 aromatic heterocycles. The predicted molar refractivity (Wildman–Crippen MR) is 53.4 cm³/mol. The fraction of sp³-hybridized carbons (Fsp3) is 0.556. The van der Waals surface area contributed by atoms with E-state index in [9.17, 15) is 9.59 Å². The Hall–Kier alpha value is -0.770. The minimum atomic E-state index is -0.333. The lowest BCUT2D eigenvalue weighted by molar-refractivity contribution is -0.123. The van der Waals surface area contributed by atoms with Gasteiger partial charge >= 0.3 is 0 Å². The number of hydrogen-bond acceptors (Lipinski definition) is 3. The zero-order chi connectivity index (χ0) is 9.52. The molecule has 13 heavy (non-hydrogen) atoms. The fourth-order valence-electron chi connectivity index (χ4n) is 1.07. The van der Waals surface area contributed by atoms with Crippen LogP contribution in [0.1, 0.15) is 19.3 Å². The summed E-state index contributed by atoms with van der Waals surface area (Å²) in [6.45, 7) is 0. The number of aldehydes is 1. The number of amides is 1. The van der Waals surface area contributed by atoms with Crippen molar-refractivity contribution in [1.82, 2.24) is 5.32 Å². The molecule has 0 saturated heterocycles. The highest BCUT2D eigenvalue weighted by Gasteiger charge is 2.10. The van der Waals surface area contributed by atoms with Gasteiger partial charge in [-0.1, -0.05) is 6.08 Å². The van der Waals surface area contributed by atoms with Gasteiger partial charge in [0.2, 0.25) is 5.91 Å². The molecule has 0 fully saturated rings. The normalized spacial score (nSPS) is 27.4. The van der Waals surface area contributed by atoms with Crippen LogP contribution in [0.25, 0.3) is 0 Å². The van der Waals surface area contributed by atoms with E-state index in [-0.39, 0.29) is 11.9 Å². The third-order valence-corrected chi connectivity index (χ3v) is 2.69. The molecule has 1 unspecified atom stereocenters. The number of nitrogens with one attached hydrogen (secondary N) is 1. The van der Waals surface area contributed by atoms with Crippen molar-refractivity contribution in [3.8, 4) is 0 Å². The van der Waals surface area contributed by atoms with Crippen molar-refractivity contribution in [2.24, 2.45) is 0 Å². The Labute approximate surface area is 82.0 Å². The maximum atomic E-state index is 11.2. The van der Waals surface area contributed by atoms with Crippen molar-refractivity contribution >= 4 is 24.0 Å². The van der Waals surface area contributed by atoms with Crippen LogP contribution in [0.4, 0.5) is 0 Å². The second kappa shape index (κ2) is 5.80. The molecule has 1 atom stereocenters. The lowest BCUT2D eigenvalue weighted by Crippen LogP contribution is -2.37. The lowest BCUT2D eigenvalue weighted by atomic mass is 10.2. The Balaban J connectivity index is 2.49. The molecule has 1 amide bonds. The van der Waals surface area contributed by atoms with Gasteiger partial charge in [0.25, 0.3) is 0 Å². The molecule has 72 valence electrons. The van der Waals surface area contributed by atoms with Crippen LogP contribution >= 0.6 is 11.8 Å². The number of carbonyl (C=O) groups excluding carboxylic acids is 2. The van der Waals surface area contributed by atoms with Crippen molar-refractivity contribution in [2.45, 2.75) is 25.3 Å². The summed E-state index contributed by atoms with van der Waals surface area (Å²) in [4.78, 5) is 21.7. The second-order valence-corrected chi connectivity index (χ2v) is 3.85. The van der Waals surface area contributed by atoms with E-state index in [1.807, 2.05) is 11.5 Å². The summed E-state index contributed by atoms with van der Waals surface area (Å²) < 4.78 is 0. The van der Waals surface area contributed by atoms with E-state index >= 15 is 0 Å². The lowest BCUT2D eigenvalue weighted by Gasteiger charge is -2.12. The Morgan fingerprint density at radius 3 is 3.23 bits per heavy atom. The highest BCUT2D eigenvalue weighted by Crippen LogP contribution is 2.08. The van der Waals surface area contributed by atoms with E-state index < -0.39 is 0 Å². The number of rotatable bonds is 1. The van der Waals surface area contributed by atoms with Crippen LogP contribution in [0.5, 0.6) is 0 Å². The van der Waals surface area contributed by atoms with Crippen LogP contribution in [-0.4, -0.2) is 24.0 Å². The average Bonchev–Trinajstić information content (AvgIpc) is 2.15. The summed E-state index contributed by atoms with van der Waals surface area (Å²) in [5.74, 6) is 0.610. The Morgan fingerprint density at radius 2 is 2.46 bits per heavy atom. The van der Waals surface area contributed by atoms with Crippen molar-refractivity contribution in [2.75, 3.05) is 5.75 Å². The van der Waals surface area contributed by atoms with Gasteiger partial charge in [0.05, 0.1) is 6.04 Å². The van der Waals surface area contributed by atoms with Crippen molar-refractivity contribution in [3.05, 3.63) is 11.5 Å². The first-order valence-electron chi connectivity index (χ1n) is 4.34. The molecule has 0 saturated carbocycles. The second-order valence-electron chi connectivity index (χ2n) is 2.91. The monoisotopic (exact) mass is 199 g/mol. The zero-order valence-electron chi connectivity index (χ0n) is 7.36. The Morgan fingerprint density at radius 1 is 1.62 bits per heavy atom. The van der Waals surface area contributed by atoms with Crippen molar-refractivity contribution in [3.63, 3.8) is 0 Å². The smallest absolute Gasteiger partial charge is 0.220 e. The van der Waals surface area contributed by atoms with Gasteiger partial charge in [-0.3, -0.25) is 4.79 Å². The maximum Gasteiger partial charge on any atom is 0.220 e. The van der Waals surface area contributed by atoms with Crippen LogP contribution in [0.15, 0.2) is 11.5 Å². The van der Waals surface area contributed by atoms with E-state index in [0.717, 1.165) is 19.1 Å². The minimum absolute atomic E-state index is 0.0204. The van der Waals surface area contributed by atoms with Crippen molar-refractivity contribution in [1.29, 1.82) is 0 Å². The molecule has 4 heteroatoms. The fourth-order valence-corrected chi connectivity index (χ4v) is 1.82. The molecule has 0 aliphatic carbocycles. The van der Waals surface area contributed by atoms with Gasteiger partial charge in [-0.25, -0.2) is 0 Å². The third-order valence-electron chi connectivity index (χ3n) is 1.75.